The molecule has 1 aliphatic rings. The molecule has 0 radical (unpaired) electrons. The van der Waals surface area contributed by atoms with Crippen LogP contribution in [-0.2, 0) is 4.79 Å². The number of hydrazone groups is 1. The lowest BCUT2D eigenvalue weighted by molar-refractivity contribution is -0.130. The van der Waals surface area contributed by atoms with E-state index in [0.29, 0.717) is 11.5 Å². The number of nitrogens with zero attached hydrogens (tertiary/aromatic N) is 1. The lowest BCUT2D eigenvalue weighted by atomic mass is 10.2. The Morgan fingerprint density at radius 2 is 2.04 bits per heavy atom. The maximum absolute atomic E-state index is 13.6. The Balaban J connectivity index is 1.63. The number of carbonyl (C=O) groups is 1. The van der Waals surface area contributed by atoms with Gasteiger partial charge in [0.2, 0.25) is 6.10 Å². The highest BCUT2D eigenvalue weighted by molar-refractivity contribution is 6.33. The minimum Gasteiger partial charge on any atom is -0.485 e. The van der Waals surface area contributed by atoms with E-state index in [2.05, 4.69) is 10.5 Å². The molecule has 0 fully saturated rings. The molecule has 0 aliphatic carbocycles. The van der Waals surface area contributed by atoms with Gasteiger partial charge in [-0.3, -0.25) is 4.79 Å². The van der Waals surface area contributed by atoms with Gasteiger partial charge in [0, 0.05) is 5.56 Å². The van der Waals surface area contributed by atoms with Crippen LogP contribution in [0.3, 0.4) is 0 Å². The number of ether oxygens (including phenoxy) is 2. The Kier molecular flexibility index (Phi) is 4.43. The normalized spacial score (nSPS) is 16.3. The van der Waals surface area contributed by atoms with Crippen molar-refractivity contribution in [3.05, 3.63) is 58.9 Å². The van der Waals surface area contributed by atoms with Gasteiger partial charge in [0.25, 0.3) is 5.91 Å². The number of carbonyl (C=O) groups excluding carboxylic acids is 1. The first-order chi connectivity index (χ1) is 11.1. The minimum absolute atomic E-state index is 0.0683. The fourth-order valence-corrected chi connectivity index (χ4v) is 2.23. The van der Waals surface area contributed by atoms with Crippen molar-refractivity contribution < 1.29 is 18.7 Å². The molecule has 1 aliphatic heterocycles. The van der Waals surface area contributed by atoms with Crippen LogP contribution >= 0.6 is 11.6 Å². The second-order valence-corrected chi connectivity index (χ2v) is 5.14. The van der Waals surface area contributed by atoms with Crippen LogP contribution in [0.4, 0.5) is 4.39 Å². The third-order valence-electron chi connectivity index (χ3n) is 3.17. The molecule has 118 valence electrons. The van der Waals surface area contributed by atoms with Crippen LogP contribution in [0.2, 0.25) is 5.02 Å². The van der Waals surface area contributed by atoms with Gasteiger partial charge in [-0.25, -0.2) is 9.82 Å². The molecule has 1 N–H and O–H groups in total. The maximum atomic E-state index is 13.6. The summed E-state index contributed by atoms with van der Waals surface area (Å²) < 4.78 is 24.5. The topological polar surface area (TPSA) is 59.9 Å². The first-order valence-corrected chi connectivity index (χ1v) is 7.18. The molecule has 0 unspecified atom stereocenters. The summed E-state index contributed by atoms with van der Waals surface area (Å²) >= 11 is 5.86. The summed E-state index contributed by atoms with van der Waals surface area (Å²) in [4.78, 5) is 12.0. The number of hydrogen-bond acceptors (Lipinski definition) is 4. The van der Waals surface area contributed by atoms with Gasteiger partial charge in [-0.1, -0.05) is 29.8 Å². The predicted octanol–water partition coefficient (Wildman–Crippen LogP) is 2.77. The quantitative estimate of drug-likeness (QED) is 0.693. The molecule has 0 saturated heterocycles. The van der Waals surface area contributed by atoms with Gasteiger partial charge < -0.3 is 9.47 Å². The molecule has 1 amide bonds. The fraction of sp³-hybridized carbons (Fsp3) is 0.125. The van der Waals surface area contributed by atoms with Crippen molar-refractivity contribution in [1.82, 2.24) is 5.43 Å². The Hall–Kier alpha value is -2.60. The van der Waals surface area contributed by atoms with Crippen molar-refractivity contribution in [1.29, 1.82) is 0 Å². The van der Waals surface area contributed by atoms with Crippen molar-refractivity contribution >= 4 is 23.7 Å². The zero-order valence-corrected chi connectivity index (χ0v) is 12.6. The minimum atomic E-state index is -0.835. The van der Waals surface area contributed by atoms with Gasteiger partial charge >= 0.3 is 0 Å². The molecule has 1 heterocycles. The van der Waals surface area contributed by atoms with Crippen LogP contribution in [-0.4, -0.2) is 24.8 Å². The van der Waals surface area contributed by atoms with E-state index in [9.17, 15) is 9.18 Å². The highest BCUT2D eigenvalue weighted by atomic mass is 35.5. The SMILES string of the molecule is O=C(N/N=C\c1c(F)cccc1Cl)[C@@H]1COc2ccccc2O1. The van der Waals surface area contributed by atoms with Gasteiger partial charge in [-0.2, -0.15) is 5.10 Å². The van der Waals surface area contributed by atoms with Crippen molar-refractivity contribution in [3.8, 4) is 11.5 Å². The van der Waals surface area contributed by atoms with E-state index in [-0.39, 0.29) is 17.2 Å². The highest BCUT2D eigenvalue weighted by Crippen LogP contribution is 2.30. The molecule has 0 aromatic heterocycles. The number of amides is 1. The molecule has 2 aromatic rings. The van der Waals surface area contributed by atoms with E-state index in [1.165, 1.54) is 18.2 Å². The van der Waals surface area contributed by atoms with Crippen LogP contribution < -0.4 is 14.9 Å². The molecule has 23 heavy (non-hydrogen) atoms. The van der Waals surface area contributed by atoms with Crippen LogP contribution in [0.15, 0.2) is 47.6 Å². The predicted molar refractivity (Wildman–Crippen MR) is 83.5 cm³/mol. The summed E-state index contributed by atoms with van der Waals surface area (Å²) in [7, 11) is 0. The zero-order valence-electron chi connectivity index (χ0n) is 11.8. The average Bonchev–Trinajstić information content (AvgIpc) is 2.57. The first kappa shape index (κ1) is 15.3. The van der Waals surface area contributed by atoms with E-state index in [1.54, 1.807) is 18.2 Å². The summed E-state index contributed by atoms with van der Waals surface area (Å²) in [6.45, 7) is 0.0683. The smallest absolute Gasteiger partial charge is 0.284 e. The van der Waals surface area contributed by atoms with Gasteiger partial charge in [0.15, 0.2) is 11.5 Å². The molecular weight excluding hydrogens is 323 g/mol. The largest absolute Gasteiger partial charge is 0.485 e. The Bertz CT molecular complexity index is 746. The maximum Gasteiger partial charge on any atom is 0.284 e. The summed E-state index contributed by atoms with van der Waals surface area (Å²) in [5.74, 6) is 0.0445. The number of hydrogen-bond donors (Lipinski definition) is 1. The Labute approximate surface area is 136 Å². The van der Waals surface area contributed by atoms with Crippen molar-refractivity contribution in [2.75, 3.05) is 6.61 Å². The Morgan fingerprint density at radius 1 is 1.26 bits per heavy atom. The third-order valence-corrected chi connectivity index (χ3v) is 3.50. The van der Waals surface area contributed by atoms with E-state index >= 15 is 0 Å². The molecule has 0 spiro atoms. The molecule has 2 aromatic carbocycles. The van der Waals surface area contributed by atoms with E-state index in [1.807, 2.05) is 6.07 Å². The second-order valence-electron chi connectivity index (χ2n) is 4.73. The fourth-order valence-electron chi connectivity index (χ4n) is 2.02. The van der Waals surface area contributed by atoms with Gasteiger partial charge in [0.05, 0.1) is 11.2 Å². The summed E-state index contributed by atoms with van der Waals surface area (Å²) in [5.41, 5.74) is 2.38. The second kappa shape index (κ2) is 6.66. The van der Waals surface area contributed by atoms with Crippen molar-refractivity contribution in [2.24, 2.45) is 5.10 Å². The zero-order chi connectivity index (χ0) is 16.2. The van der Waals surface area contributed by atoms with Crippen LogP contribution in [0.5, 0.6) is 11.5 Å². The summed E-state index contributed by atoms with van der Waals surface area (Å²) in [6.07, 6.45) is 0.311. The van der Waals surface area contributed by atoms with Crippen molar-refractivity contribution in [3.63, 3.8) is 0 Å². The number of para-hydroxylation sites is 2. The molecule has 0 bridgehead atoms. The molecule has 7 heteroatoms. The molecule has 3 rings (SSSR count). The monoisotopic (exact) mass is 334 g/mol. The lowest BCUT2D eigenvalue weighted by Crippen LogP contribution is -2.42. The lowest BCUT2D eigenvalue weighted by Gasteiger charge is -2.24. The van der Waals surface area contributed by atoms with E-state index < -0.39 is 17.8 Å². The third kappa shape index (κ3) is 3.43. The summed E-state index contributed by atoms with van der Waals surface area (Å²) in [5, 5.41) is 3.91. The van der Waals surface area contributed by atoms with Crippen LogP contribution in [0, 0.1) is 5.82 Å². The Morgan fingerprint density at radius 3 is 2.83 bits per heavy atom. The van der Waals surface area contributed by atoms with E-state index in [4.69, 9.17) is 21.1 Å². The number of fused-ring (bicyclic) bond motifs is 1. The van der Waals surface area contributed by atoms with Crippen LogP contribution in [0.1, 0.15) is 5.56 Å². The molecule has 1 atom stereocenters. The number of rotatable bonds is 3. The van der Waals surface area contributed by atoms with Gasteiger partial charge in [-0.05, 0) is 24.3 Å². The highest BCUT2D eigenvalue weighted by Gasteiger charge is 2.27. The molecular formula is C16H12ClFN2O3. The van der Waals surface area contributed by atoms with Crippen LogP contribution in [0.25, 0.3) is 0 Å². The summed E-state index contributed by atoms with van der Waals surface area (Å²) in [6, 6.07) is 11.3. The standard InChI is InChI=1S/C16H12ClFN2O3/c17-11-4-3-5-12(18)10(11)8-19-20-16(21)15-9-22-13-6-1-2-7-14(13)23-15/h1-8,15H,9H2,(H,20,21)/b19-8-/t15-/m0/s1. The molecule has 0 saturated carbocycles. The van der Waals surface area contributed by atoms with Gasteiger partial charge in [0.1, 0.15) is 12.4 Å². The first-order valence-electron chi connectivity index (χ1n) is 6.80. The average molecular weight is 335 g/mol. The van der Waals surface area contributed by atoms with Gasteiger partial charge in [-0.15, -0.1) is 0 Å². The number of halogens is 2. The van der Waals surface area contributed by atoms with E-state index in [0.717, 1.165) is 6.21 Å². The number of benzene rings is 2. The molecule has 5 nitrogen and oxygen atoms in total. The number of nitrogens with one attached hydrogen (secondary N) is 1. The van der Waals surface area contributed by atoms with Crippen molar-refractivity contribution in [2.45, 2.75) is 6.10 Å².